The van der Waals surface area contributed by atoms with E-state index in [1.54, 1.807) is 6.26 Å². The number of ether oxygens (including phenoxy) is 1. The second-order valence-electron chi connectivity index (χ2n) is 7.83. The lowest BCUT2D eigenvalue weighted by molar-refractivity contribution is -0.137. The molecule has 1 N–H and O–H groups in total. The molecule has 2 atom stereocenters. The molecule has 0 saturated heterocycles. The molecule has 1 aromatic carbocycles. The van der Waals surface area contributed by atoms with Crippen LogP contribution in [0.1, 0.15) is 67.3 Å². The summed E-state index contributed by atoms with van der Waals surface area (Å²) in [6.45, 7) is 0. The van der Waals surface area contributed by atoms with E-state index in [4.69, 9.17) is 4.74 Å². The molecule has 0 unspecified atom stereocenters. The summed E-state index contributed by atoms with van der Waals surface area (Å²) in [6, 6.07) is 2.87. The molecular formula is C21H28F3NO2S. The number of nitrogens with one attached hydrogen (secondary N) is 1. The Morgan fingerprint density at radius 3 is 2.50 bits per heavy atom. The molecule has 2 aliphatic rings. The molecule has 2 saturated carbocycles. The quantitative estimate of drug-likeness (QED) is 0.457. The first-order chi connectivity index (χ1) is 13.3. The minimum atomic E-state index is -4.47. The zero-order chi connectivity index (χ0) is 20.3. The van der Waals surface area contributed by atoms with E-state index in [0.717, 1.165) is 43.2 Å². The van der Waals surface area contributed by atoms with Gasteiger partial charge in [0.25, 0.3) is 0 Å². The van der Waals surface area contributed by atoms with Crippen LogP contribution in [-0.4, -0.2) is 31.2 Å². The van der Waals surface area contributed by atoms with Crippen molar-refractivity contribution in [2.45, 2.75) is 74.5 Å². The van der Waals surface area contributed by atoms with Crippen molar-refractivity contribution in [2.24, 2.45) is 5.92 Å². The number of rotatable bonds is 7. The highest BCUT2D eigenvalue weighted by Crippen LogP contribution is 2.40. The normalized spacial score (nSPS) is 23.3. The van der Waals surface area contributed by atoms with Crippen LogP contribution in [0.5, 0.6) is 5.75 Å². The largest absolute Gasteiger partial charge is 0.496 e. The van der Waals surface area contributed by atoms with Gasteiger partial charge >= 0.3 is 6.18 Å². The molecule has 0 heterocycles. The second-order valence-corrected chi connectivity index (χ2v) is 8.67. The molecule has 0 bridgehead atoms. The second kappa shape index (κ2) is 9.08. The molecule has 0 spiro atoms. The third kappa shape index (κ3) is 4.85. The number of thioether (sulfide) groups is 1. The molecule has 1 aromatic rings. The number of carbonyl (C=O) groups is 1. The average Bonchev–Trinajstić information content (AvgIpc) is 3.32. The van der Waals surface area contributed by atoms with Crippen molar-refractivity contribution in [1.82, 2.24) is 5.32 Å². The van der Waals surface area contributed by atoms with Crippen molar-refractivity contribution in [2.75, 3.05) is 13.4 Å². The van der Waals surface area contributed by atoms with E-state index in [0.29, 0.717) is 23.4 Å². The van der Waals surface area contributed by atoms with Gasteiger partial charge in [0.1, 0.15) is 5.75 Å². The molecular weight excluding hydrogens is 387 g/mol. The van der Waals surface area contributed by atoms with Crippen LogP contribution in [-0.2, 0) is 6.18 Å². The van der Waals surface area contributed by atoms with Gasteiger partial charge in [0, 0.05) is 23.4 Å². The molecule has 0 amide bonds. The lowest BCUT2D eigenvalue weighted by atomic mass is 9.92. The number of carbonyl (C=O) groups excluding carboxylic acids is 1. The van der Waals surface area contributed by atoms with Gasteiger partial charge in [0.15, 0.2) is 5.78 Å². The Hall–Kier alpha value is -1.21. The first kappa shape index (κ1) is 21.5. The van der Waals surface area contributed by atoms with Crippen molar-refractivity contribution in [1.29, 1.82) is 0 Å². The Balaban J connectivity index is 1.79. The summed E-state index contributed by atoms with van der Waals surface area (Å²) in [5, 5.41) is 3.73. The fourth-order valence-corrected chi connectivity index (χ4v) is 5.25. The SMILES string of the molecule is COc1cc(C(F)(F)F)cc(SC)c1C(=O)C[C@@H]1CCC[C@@H]1NC1CCCC1. The number of Topliss-reactive ketones (excluding diaryl/α,β-unsaturated/α-hetero) is 1. The van der Waals surface area contributed by atoms with Crippen molar-refractivity contribution >= 4 is 17.5 Å². The predicted octanol–water partition coefficient (Wildman–Crippen LogP) is 5.71. The van der Waals surface area contributed by atoms with E-state index in [-0.39, 0.29) is 23.0 Å². The zero-order valence-corrected chi connectivity index (χ0v) is 17.2. The van der Waals surface area contributed by atoms with E-state index < -0.39 is 11.7 Å². The molecule has 7 heteroatoms. The van der Waals surface area contributed by atoms with Gasteiger partial charge < -0.3 is 10.1 Å². The van der Waals surface area contributed by atoms with Crippen molar-refractivity contribution < 1.29 is 22.7 Å². The Morgan fingerprint density at radius 2 is 1.89 bits per heavy atom. The van der Waals surface area contributed by atoms with Crippen LogP contribution in [0.4, 0.5) is 13.2 Å². The first-order valence-electron chi connectivity index (χ1n) is 9.96. The minimum Gasteiger partial charge on any atom is -0.496 e. The van der Waals surface area contributed by atoms with Gasteiger partial charge in [-0.05, 0) is 50.0 Å². The van der Waals surface area contributed by atoms with Gasteiger partial charge in [-0.1, -0.05) is 19.3 Å². The van der Waals surface area contributed by atoms with Crippen molar-refractivity contribution in [3.05, 3.63) is 23.3 Å². The Morgan fingerprint density at radius 1 is 1.18 bits per heavy atom. The van der Waals surface area contributed by atoms with Crippen LogP contribution < -0.4 is 10.1 Å². The summed E-state index contributed by atoms with van der Waals surface area (Å²) in [5.41, 5.74) is -0.499. The number of methoxy groups -OCH3 is 1. The topological polar surface area (TPSA) is 38.3 Å². The minimum absolute atomic E-state index is 0.0162. The fraction of sp³-hybridized carbons (Fsp3) is 0.667. The Kier molecular flexibility index (Phi) is 6.97. The number of halogens is 3. The molecule has 2 fully saturated rings. The number of hydrogen-bond acceptors (Lipinski definition) is 4. The number of ketones is 1. The van der Waals surface area contributed by atoms with E-state index in [2.05, 4.69) is 5.32 Å². The molecule has 0 radical (unpaired) electrons. The summed E-state index contributed by atoms with van der Waals surface area (Å²) >= 11 is 1.15. The smallest absolute Gasteiger partial charge is 0.416 e. The van der Waals surface area contributed by atoms with Crippen LogP contribution in [0.2, 0.25) is 0 Å². The van der Waals surface area contributed by atoms with E-state index >= 15 is 0 Å². The van der Waals surface area contributed by atoms with Crippen LogP contribution in [0, 0.1) is 5.92 Å². The van der Waals surface area contributed by atoms with Gasteiger partial charge in [-0.25, -0.2) is 0 Å². The van der Waals surface area contributed by atoms with Crippen LogP contribution in [0.3, 0.4) is 0 Å². The maximum Gasteiger partial charge on any atom is 0.416 e. The van der Waals surface area contributed by atoms with E-state index in [1.807, 2.05) is 0 Å². The highest BCUT2D eigenvalue weighted by molar-refractivity contribution is 7.98. The summed E-state index contributed by atoms with van der Waals surface area (Å²) in [4.78, 5) is 13.4. The molecule has 0 aliphatic heterocycles. The van der Waals surface area contributed by atoms with Gasteiger partial charge in [0.2, 0.25) is 0 Å². The van der Waals surface area contributed by atoms with Crippen molar-refractivity contribution in [3.8, 4) is 5.75 Å². The van der Waals surface area contributed by atoms with Crippen LogP contribution in [0.25, 0.3) is 0 Å². The molecule has 28 heavy (non-hydrogen) atoms. The number of benzene rings is 1. The zero-order valence-electron chi connectivity index (χ0n) is 16.4. The Bertz CT molecular complexity index is 676. The lowest BCUT2D eigenvalue weighted by Crippen LogP contribution is -2.39. The van der Waals surface area contributed by atoms with Gasteiger partial charge in [-0.15, -0.1) is 11.8 Å². The van der Waals surface area contributed by atoms with Gasteiger partial charge in [-0.3, -0.25) is 4.79 Å². The summed E-state index contributed by atoms with van der Waals surface area (Å²) in [6.07, 6.45) is 5.60. The standard InChI is InChI=1S/C21H28F3NO2S/c1-27-18-11-14(21(22,23)24)12-19(28-2)20(18)17(26)10-13-6-5-9-16(13)25-15-7-3-4-8-15/h11-13,15-16,25H,3-10H2,1-2H3/t13-,16-/m0/s1. The number of hydrogen-bond donors (Lipinski definition) is 1. The van der Waals surface area contributed by atoms with Crippen LogP contribution in [0.15, 0.2) is 17.0 Å². The predicted molar refractivity (Wildman–Crippen MR) is 105 cm³/mol. The molecule has 2 aliphatic carbocycles. The summed E-state index contributed by atoms with van der Waals surface area (Å²) < 4.78 is 44.7. The van der Waals surface area contributed by atoms with Gasteiger partial charge in [-0.2, -0.15) is 13.2 Å². The van der Waals surface area contributed by atoms with E-state index in [1.165, 1.54) is 32.8 Å². The summed E-state index contributed by atoms with van der Waals surface area (Å²) in [5.74, 6) is 0.123. The molecule has 0 aromatic heterocycles. The third-order valence-corrected chi connectivity index (χ3v) is 6.79. The van der Waals surface area contributed by atoms with Crippen molar-refractivity contribution in [3.63, 3.8) is 0 Å². The maximum absolute atomic E-state index is 13.2. The Labute approximate surface area is 168 Å². The first-order valence-corrected chi connectivity index (χ1v) is 11.2. The maximum atomic E-state index is 13.2. The summed E-state index contributed by atoms with van der Waals surface area (Å²) in [7, 11) is 1.32. The van der Waals surface area contributed by atoms with Gasteiger partial charge in [0.05, 0.1) is 18.2 Å². The third-order valence-electron chi connectivity index (χ3n) is 6.02. The highest BCUT2D eigenvalue weighted by Gasteiger charge is 2.35. The molecule has 156 valence electrons. The van der Waals surface area contributed by atoms with E-state index in [9.17, 15) is 18.0 Å². The average molecular weight is 416 g/mol. The molecule has 3 rings (SSSR count). The highest BCUT2D eigenvalue weighted by atomic mass is 32.2. The fourth-order valence-electron chi connectivity index (χ4n) is 4.59. The van der Waals surface area contributed by atoms with Crippen LogP contribution >= 0.6 is 11.8 Å². The monoisotopic (exact) mass is 415 g/mol. The molecule has 3 nitrogen and oxygen atoms in total. The lowest BCUT2D eigenvalue weighted by Gasteiger charge is -2.25. The number of alkyl halides is 3.